The molecule has 0 aromatic carbocycles. The molecule has 18 heavy (non-hydrogen) atoms. The van der Waals surface area contributed by atoms with Crippen LogP contribution < -0.4 is 10.6 Å². The standard InChI is InChI=1S/C13H19N3O2/c1-13(6-3-7-18-13)9-16-12(17)10-4-5-11(14-2)15-8-10/h4-5,8H,3,6-7,9H2,1-2H3,(H,14,15)(H,16,17). The van der Waals surface area contributed by atoms with Crippen LogP contribution in [0.15, 0.2) is 18.3 Å². The van der Waals surface area contributed by atoms with Gasteiger partial charge in [-0.25, -0.2) is 4.98 Å². The number of amides is 1. The van der Waals surface area contributed by atoms with Gasteiger partial charge in [0.2, 0.25) is 0 Å². The second kappa shape index (κ2) is 5.35. The summed E-state index contributed by atoms with van der Waals surface area (Å²) in [4.78, 5) is 16.0. The lowest BCUT2D eigenvalue weighted by molar-refractivity contribution is 0.0206. The van der Waals surface area contributed by atoms with E-state index in [0.717, 1.165) is 25.3 Å². The fraction of sp³-hybridized carbons (Fsp3) is 0.538. The highest BCUT2D eigenvalue weighted by atomic mass is 16.5. The molecule has 1 saturated heterocycles. The third-order valence-electron chi connectivity index (χ3n) is 3.21. The molecule has 1 atom stereocenters. The van der Waals surface area contributed by atoms with E-state index in [1.165, 1.54) is 0 Å². The van der Waals surface area contributed by atoms with Gasteiger partial charge in [0, 0.05) is 26.4 Å². The van der Waals surface area contributed by atoms with Crippen molar-refractivity contribution in [2.45, 2.75) is 25.4 Å². The summed E-state index contributed by atoms with van der Waals surface area (Å²) in [5.41, 5.74) is 0.351. The maximum Gasteiger partial charge on any atom is 0.252 e. The van der Waals surface area contributed by atoms with Crippen LogP contribution in [0.2, 0.25) is 0 Å². The zero-order chi connectivity index (χ0) is 13.0. The molecule has 1 amide bonds. The molecular formula is C13H19N3O2. The first-order chi connectivity index (χ1) is 8.63. The third kappa shape index (κ3) is 2.98. The summed E-state index contributed by atoms with van der Waals surface area (Å²) in [7, 11) is 1.79. The summed E-state index contributed by atoms with van der Waals surface area (Å²) in [5.74, 6) is 0.638. The Hall–Kier alpha value is -1.62. The molecule has 2 N–H and O–H groups in total. The fourth-order valence-electron chi connectivity index (χ4n) is 2.02. The molecule has 0 spiro atoms. The molecule has 1 aromatic rings. The lowest BCUT2D eigenvalue weighted by atomic mass is 10.0. The van der Waals surface area contributed by atoms with E-state index in [9.17, 15) is 4.79 Å². The van der Waals surface area contributed by atoms with Crippen LogP contribution in [0.3, 0.4) is 0 Å². The van der Waals surface area contributed by atoms with Crippen LogP contribution >= 0.6 is 0 Å². The monoisotopic (exact) mass is 249 g/mol. The van der Waals surface area contributed by atoms with Crippen molar-refractivity contribution in [2.75, 3.05) is 25.5 Å². The Morgan fingerprint density at radius 3 is 2.94 bits per heavy atom. The van der Waals surface area contributed by atoms with Crippen molar-refractivity contribution < 1.29 is 9.53 Å². The zero-order valence-corrected chi connectivity index (χ0v) is 10.8. The number of nitrogens with zero attached hydrogens (tertiary/aromatic N) is 1. The fourth-order valence-corrected chi connectivity index (χ4v) is 2.02. The molecule has 0 bridgehead atoms. The van der Waals surface area contributed by atoms with E-state index in [1.807, 2.05) is 6.92 Å². The molecule has 0 radical (unpaired) electrons. The number of ether oxygens (including phenoxy) is 1. The number of aromatic nitrogens is 1. The van der Waals surface area contributed by atoms with E-state index >= 15 is 0 Å². The number of carbonyl (C=O) groups excluding carboxylic acids is 1. The molecule has 1 aliphatic rings. The van der Waals surface area contributed by atoms with Gasteiger partial charge in [-0.3, -0.25) is 4.79 Å². The minimum Gasteiger partial charge on any atom is -0.373 e. The molecule has 1 unspecified atom stereocenters. The Balaban J connectivity index is 1.90. The van der Waals surface area contributed by atoms with Crippen molar-refractivity contribution in [3.63, 3.8) is 0 Å². The third-order valence-corrected chi connectivity index (χ3v) is 3.21. The van der Waals surface area contributed by atoms with Gasteiger partial charge in [0.25, 0.3) is 5.91 Å². The number of carbonyl (C=O) groups is 1. The van der Waals surface area contributed by atoms with Crippen LogP contribution in [0, 0.1) is 0 Å². The average molecular weight is 249 g/mol. The van der Waals surface area contributed by atoms with E-state index in [0.29, 0.717) is 12.1 Å². The Morgan fingerprint density at radius 1 is 1.56 bits per heavy atom. The Kier molecular flexibility index (Phi) is 3.81. The molecule has 2 heterocycles. The van der Waals surface area contributed by atoms with Crippen LogP contribution in [0.4, 0.5) is 5.82 Å². The number of nitrogens with one attached hydrogen (secondary N) is 2. The number of rotatable bonds is 4. The minimum atomic E-state index is -0.214. The van der Waals surface area contributed by atoms with Crippen molar-refractivity contribution in [3.05, 3.63) is 23.9 Å². The van der Waals surface area contributed by atoms with Gasteiger partial charge in [-0.15, -0.1) is 0 Å². The predicted octanol–water partition coefficient (Wildman–Crippen LogP) is 1.42. The number of anilines is 1. The highest BCUT2D eigenvalue weighted by Crippen LogP contribution is 2.23. The summed E-state index contributed by atoms with van der Waals surface area (Å²) >= 11 is 0. The minimum absolute atomic E-state index is 0.109. The van der Waals surface area contributed by atoms with Crippen molar-refractivity contribution in [3.8, 4) is 0 Å². The predicted molar refractivity (Wildman–Crippen MR) is 69.7 cm³/mol. The Bertz CT molecular complexity index is 411. The Morgan fingerprint density at radius 2 is 2.39 bits per heavy atom. The summed E-state index contributed by atoms with van der Waals surface area (Å²) in [5, 5.41) is 5.81. The summed E-state index contributed by atoms with van der Waals surface area (Å²) in [6, 6.07) is 3.54. The van der Waals surface area contributed by atoms with Crippen molar-refractivity contribution in [2.24, 2.45) is 0 Å². The zero-order valence-electron chi connectivity index (χ0n) is 10.8. The molecule has 1 aromatic heterocycles. The molecule has 0 saturated carbocycles. The molecule has 0 aliphatic carbocycles. The molecular weight excluding hydrogens is 230 g/mol. The first kappa shape index (κ1) is 12.8. The molecule has 1 fully saturated rings. The van der Waals surface area contributed by atoms with Gasteiger partial charge < -0.3 is 15.4 Å². The van der Waals surface area contributed by atoms with Crippen LogP contribution in [0.1, 0.15) is 30.1 Å². The van der Waals surface area contributed by atoms with Gasteiger partial charge in [-0.2, -0.15) is 0 Å². The maximum absolute atomic E-state index is 11.9. The van der Waals surface area contributed by atoms with Crippen molar-refractivity contribution >= 4 is 11.7 Å². The molecule has 5 heteroatoms. The largest absolute Gasteiger partial charge is 0.373 e. The van der Waals surface area contributed by atoms with Gasteiger partial charge in [-0.05, 0) is 31.9 Å². The van der Waals surface area contributed by atoms with Crippen LogP contribution in [-0.4, -0.2) is 36.7 Å². The second-order valence-electron chi connectivity index (χ2n) is 4.77. The van der Waals surface area contributed by atoms with Gasteiger partial charge in [0.1, 0.15) is 5.82 Å². The SMILES string of the molecule is CNc1ccc(C(=O)NCC2(C)CCCO2)cn1. The maximum atomic E-state index is 11.9. The lowest BCUT2D eigenvalue weighted by Crippen LogP contribution is -2.40. The number of pyridine rings is 1. The van der Waals surface area contributed by atoms with E-state index < -0.39 is 0 Å². The average Bonchev–Trinajstić information content (AvgIpc) is 2.83. The molecule has 98 valence electrons. The quantitative estimate of drug-likeness (QED) is 0.847. The lowest BCUT2D eigenvalue weighted by Gasteiger charge is -2.23. The molecule has 1 aliphatic heterocycles. The molecule has 5 nitrogen and oxygen atoms in total. The highest BCUT2D eigenvalue weighted by molar-refractivity contribution is 5.94. The smallest absolute Gasteiger partial charge is 0.252 e. The topological polar surface area (TPSA) is 63.2 Å². The summed E-state index contributed by atoms with van der Waals surface area (Å²) in [6.45, 7) is 3.35. The normalized spacial score (nSPS) is 22.8. The first-order valence-corrected chi connectivity index (χ1v) is 6.19. The highest BCUT2D eigenvalue weighted by Gasteiger charge is 2.30. The van der Waals surface area contributed by atoms with Crippen LogP contribution in [0.5, 0.6) is 0 Å². The summed E-state index contributed by atoms with van der Waals surface area (Å²) in [6.07, 6.45) is 3.62. The van der Waals surface area contributed by atoms with Crippen molar-refractivity contribution in [1.29, 1.82) is 0 Å². The van der Waals surface area contributed by atoms with Gasteiger partial charge in [0.05, 0.1) is 11.2 Å². The Labute approximate surface area is 107 Å². The van der Waals surface area contributed by atoms with Crippen LogP contribution in [0.25, 0.3) is 0 Å². The van der Waals surface area contributed by atoms with Crippen LogP contribution in [-0.2, 0) is 4.74 Å². The van der Waals surface area contributed by atoms with Gasteiger partial charge in [-0.1, -0.05) is 0 Å². The second-order valence-corrected chi connectivity index (χ2v) is 4.77. The number of hydrogen-bond donors (Lipinski definition) is 2. The van der Waals surface area contributed by atoms with E-state index in [1.54, 1.807) is 25.4 Å². The first-order valence-electron chi connectivity index (χ1n) is 6.19. The molecule has 2 rings (SSSR count). The van der Waals surface area contributed by atoms with Crippen molar-refractivity contribution in [1.82, 2.24) is 10.3 Å². The van der Waals surface area contributed by atoms with Gasteiger partial charge >= 0.3 is 0 Å². The number of hydrogen-bond acceptors (Lipinski definition) is 4. The van der Waals surface area contributed by atoms with E-state index in [4.69, 9.17) is 4.74 Å². The van der Waals surface area contributed by atoms with E-state index in [-0.39, 0.29) is 11.5 Å². The van der Waals surface area contributed by atoms with Gasteiger partial charge in [0.15, 0.2) is 0 Å². The van der Waals surface area contributed by atoms with E-state index in [2.05, 4.69) is 15.6 Å². The summed E-state index contributed by atoms with van der Waals surface area (Å²) < 4.78 is 5.62.